The molecule has 1 aliphatic heterocycles. The minimum absolute atomic E-state index is 0.0525. The van der Waals surface area contributed by atoms with E-state index in [2.05, 4.69) is 37.9 Å². The maximum absolute atomic E-state index is 12.0. The van der Waals surface area contributed by atoms with Gasteiger partial charge in [0.25, 0.3) is 5.56 Å². The average molecular weight is 419 g/mol. The molecule has 0 amide bonds. The molecule has 0 bridgehead atoms. The first-order chi connectivity index (χ1) is 15.1. The fourth-order valence-corrected chi connectivity index (χ4v) is 4.15. The van der Waals surface area contributed by atoms with Crippen LogP contribution in [0.3, 0.4) is 0 Å². The van der Waals surface area contributed by atoms with Crippen LogP contribution in [0.15, 0.2) is 47.8 Å². The number of hydrogen-bond donors (Lipinski definition) is 1. The van der Waals surface area contributed by atoms with Crippen LogP contribution >= 0.6 is 0 Å². The van der Waals surface area contributed by atoms with Crippen molar-refractivity contribution in [1.82, 2.24) is 34.0 Å². The smallest absolute Gasteiger partial charge is 0.255 e. The van der Waals surface area contributed by atoms with E-state index in [0.717, 1.165) is 55.5 Å². The Hall–Kier alpha value is -3.46. The first kappa shape index (κ1) is 19.5. The van der Waals surface area contributed by atoms with Crippen molar-refractivity contribution in [2.45, 2.75) is 26.8 Å². The predicted octanol–water partition coefficient (Wildman–Crippen LogP) is 1.80. The molecule has 0 atom stereocenters. The molecular formula is C22H26N8O. The molecule has 9 heteroatoms. The van der Waals surface area contributed by atoms with Gasteiger partial charge in [0.05, 0.1) is 17.1 Å². The van der Waals surface area contributed by atoms with Gasteiger partial charge in [0.2, 0.25) is 5.78 Å². The fraction of sp³-hybridized carbons (Fsp3) is 0.364. The lowest BCUT2D eigenvalue weighted by Crippen LogP contribution is -2.46. The van der Waals surface area contributed by atoms with Crippen molar-refractivity contribution >= 4 is 11.5 Å². The second-order valence-corrected chi connectivity index (χ2v) is 7.91. The molecule has 4 aromatic heterocycles. The van der Waals surface area contributed by atoms with Gasteiger partial charge in [-0.1, -0.05) is 6.92 Å². The van der Waals surface area contributed by atoms with Crippen LogP contribution in [-0.2, 0) is 13.0 Å². The highest BCUT2D eigenvalue weighted by Crippen LogP contribution is 2.22. The fourth-order valence-electron chi connectivity index (χ4n) is 4.15. The number of H-pyrrole nitrogens is 1. The molecule has 160 valence electrons. The zero-order chi connectivity index (χ0) is 21.4. The van der Waals surface area contributed by atoms with Crippen molar-refractivity contribution in [3.63, 3.8) is 0 Å². The Labute approximate surface area is 180 Å². The van der Waals surface area contributed by atoms with Gasteiger partial charge in [-0.2, -0.15) is 5.10 Å². The summed E-state index contributed by atoms with van der Waals surface area (Å²) in [4.78, 5) is 29.0. The maximum Gasteiger partial charge on any atom is 0.255 e. The molecule has 5 heterocycles. The number of fused-ring (bicyclic) bond motifs is 1. The lowest BCUT2D eigenvalue weighted by Gasteiger charge is -2.36. The van der Waals surface area contributed by atoms with Crippen molar-refractivity contribution in [2.24, 2.45) is 0 Å². The molecule has 1 N–H and O–H groups in total. The van der Waals surface area contributed by atoms with Gasteiger partial charge in [-0.05, 0) is 31.5 Å². The largest absolute Gasteiger partial charge is 0.368 e. The molecule has 1 aliphatic rings. The standard InChI is InChI=1S/C22H26N8O/c1-3-17-13-29-15-18(25-22(29)26-21(17)31)14-27-9-11-28(12-10-27)19-5-6-20(24-16(19)2)30-8-4-7-23-30/h4-8,13,15H,3,9-12,14H2,1-2H3,(H,25,26,31). The summed E-state index contributed by atoms with van der Waals surface area (Å²) in [5.41, 5.74) is 3.88. The Kier molecular flexibility index (Phi) is 5.03. The molecule has 0 aliphatic carbocycles. The van der Waals surface area contributed by atoms with Crippen molar-refractivity contribution in [1.29, 1.82) is 0 Å². The minimum Gasteiger partial charge on any atom is -0.368 e. The molecule has 31 heavy (non-hydrogen) atoms. The Morgan fingerprint density at radius 1 is 1.10 bits per heavy atom. The normalized spacial score (nSPS) is 15.1. The van der Waals surface area contributed by atoms with E-state index in [0.29, 0.717) is 12.2 Å². The number of piperazine rings is 1. The van der Waals surface area contributed by atoms with Gasteiger partial charge in [0.15, 0.2) is 5.82 Å². The summed E-state index contributed by atoms with van der Waals surface area (Å²) in [5, 5.41) is 4.26. The van der Waals surface area contributed by atoms with Crippen molar-refractivity contribution < 1.29 is 0 Å². The zero-order valence-electron chi connectivity index (χ0n) is 17.8. The average Bonchev–Trinajstić information content (AvgIpc) is 3.43. The Bertz CT molecular complexity index is 1250. The molecule has 0 spiro atoms. The van der Waals surface area contributed by atoms with E-state index in [1.165, 1.54) is 5.69 Å². The molecule has 1 fully saturated rings. The van der Waals surface area contributed by atoms with Crippen LogP contribution in [0.2, 0.25) is 0 Å². The van der Waals surface area contributed by atoms with E-state index in [1.54, 1.807) is 10.9 Å². The minimum atomic E-state index is -0.0525. The first-order valence-corrected chi connectivity index (χ1v) is 10.7. The van der Waals surface area contributed by atoms with E-state index in [9.17, 15) is 4.79 Å². The van der Waals surface area contributed by atoms with Crippen LogP contribution in [0.25, 0.3) is 11.6 Å². The van der Waals surface area contributed by atoms with Gasteiger partial charge in [0.1, 0.15) is 0 Å². The van der Waals surface area contributed by atoms with Gasteiger partial charge < -0.3 is 4.90 Å². The number of aromatic amines is 1. The molecule has 0 unspecified atom stereocenters. The summed E-state index contributed by atoms with van der Waals surface area (Å²) in [7, 11) is 0. The van der Waals surface area contributed by atoms with Crippen LogP contribution in [0, 0.1) is 6.92 Å². The van der Waals surface area contributed by atoms with Gasteiger partial charge >= 0.3 is 0 Å². The summed E-state index contributed by atoms with van der Waals surface area (Å²) in [5.74, 6) is 1.44. The summed E-state index contributed by atoms with van der Waals surface area (Å²) in [6.07, 6.45) is 8.26. The number of nitrogens with zero attached hydrogens (tertiary/aromatic N) is 7. The Morgan fingerprint density at radius 3 is 2.65 bits per heavy atom. The highest BCUT2D eigenvalue weighted by Gasteiger charge is 2.20. The second kappa shape index (κ2) is 7.99. The highest BCUT2D eigenvalue weighted by molar-refractivity contribution is 5.52. The number of aryl methyl sites for hydroxylation is 2. The third-order valence-corrected chi connectivity index (χ3v) is 5.86. The van der Waals surface area contributed by atoms with E-state index >= 15 is 0 Å². The van der Waals surface area contributed by atoms with Crippen LogP contribution in [0.1, 0.15) is 23.9 Å². The zero-order valence-corrected chi connectivity index (χ0v) is 17.8. The molecule has 0 aromatic carbocycles. The number of nitrogens with one attached hydrogen (secondary N) is 1. The van der Waals surface area contributed by atoms with E-state index in [4.69, 9.17) is 4.98 Å². The van der Waals surface area contributed by atoms with Gasteiger partial charge in [0, 0.05) is 63.1 Å². The third kappa shape index (κ3) is 3.84. The number of anilines is 1. The Morgan fingerprint density at radius 2 is 1.94 bits per heavy atom. The number of imidazole rings is 1. The van der Waals surface area contributed by atoms with Gasteiger partial charge in [-0.25, -0.2) is 14.6 Å². The summed E-state index contributed by atoms with van der Waals surface area (Å²) < 4.78 is 3.70. The van der Waals surface area contributed by atoms with E-state index in [-0.39, 0.29) is 5.56 Å². The molecule has 1 saturated heterocycles. The number of hydrogen-bond acceptors (Lipinski definition) is 6. The molecule has 4 aromatic rings. The number of pyridine rings is 1. The number of rotatable bonds is 5. The monoisotopic (exact) mass is 418 g/mol. The third-order valence-electron chi connectivity index (χ3n) is 5.86. The van der Waals surface area contributed by atoms with Crippen LogP contribution in [0.4, 0.5) is 5.69 Å². The molecule has 0 radical (unpaired) electrons. The summed E-state index contributed by atoms with van der Waals surface area (Å²) in [6, 6.07) is 6.05. The highest BCUT2D eigenvalue weighted by atomic mass is 16.1. The lowest BCUT2D eigenvalue weighted by molar-refractivity contribution is 0.247. The van der Waals surface area contributed by atoms with Gasteiger partial charge in [-0.3, -0.25) is 19.1 Å². The molecule has 5 rings (SSSR count). The van der Waals surface area contributed by atoms with Crippen LogP contribution in [-0.4, -0.2) is 60.2 Å². The lowest BCUT2D eigenvalue weighted by atomic mass is 10.2. The topological polar surface area (TPSA) is 87.3 Å². The van der Waals surface area contributed by atoms with E-state index in [1.807, 2.05) is 42.0 Å². The summed E-state index contributed by atoms with van der Waals surface area (Å²) in [6.45, 7) is 8.58. The first-order valence-electron chi connectivity index (χ1n) is 10.7. The van der Waals surface area contributed by atoms with Crippen LogP contribution < -0.4 is 10.5 Å². The number of aromatic nitrogens is 6. The van der Waals surface area contributed by atoms with Crippen molar-refractivity contribution in [2.75, 3.05) is 31.1 Å². The van der Waals surface area contributed by atoms with Crippen molar-refractivity contribution in [3.05, 3.63) is 70.3 Å². The SMILES string of the molecule is CCc1cn2cc(CN3CCN(c4ccc(-n5cccn5)nc4C)CC3)nc2[nH]c1=O. The summed E-state index contributed by atoms with van der Waals surface area (Å²) >= 11 is 0. The second-order valence-electron chi connectivity index (χ2n) is 7.91. The quantitative estimate of drug-likeness (QED) is 0.532. The molecule has 9 nitrogen and oxygen atoms in total. The Balaban J connectivity index is 1.24. The van der Waals surface area contributed by atoms with Crippen LogP contribution in [0.5, 0.6) is 0 Å². The predicted molar refractivity (Wildman–Crippen MR) is 119 cm³/mol. The molecule has 0 saturated carbocycles. The van der Waals surface area contributed by atoms with E-state index < -0.39 is 0 Å². The molecular weight excluding hydrogens is 392 g/mol. The van der Waals surface area contributed by atoms with Gasteiger partial charge in [-0.15, -0.1) is 0 Å². The van der Waals surface area contributed by atoms with Crippen molar-refractivity contribution in [3.8, 4) is 5.82 Å². The maximum atomic E-state index is 12.0.